The number of anilines is 4. The lowest BCUT2D eigenvalue weighted by Gasteiger charge is -2.14. The third kappa shape index (κ3) is 7.32. The minimum Gasteiger partial charge on any atom is -0.507 e. The molecule has 0 heterocycles. The van der Waals surface area contributed by atoms with Crippen LogP contribution in [0.15, 0.2) is 119 Å². The third-order valence-corrected chi connectivity index (χ3v) is 9.57. The molecule has 0 radical (unpaired) electrons. The summed E-state index contributed by atoms with van der Waals surface area (Å²) in [6.07, 6.45) is 0. The van der Waals surface area contributed by atoms with E-state index in [-0.39, 0.29) is 66.9 Å². The van der Waals surface area contributed by atoms with Crippen LogP contribution >= 0.6 is 0 Å². The lowest BCUT2D eigenvalue weighted by atomic mass is 10.1. The molecule has 0 fully saturated rings. The zero-order valence-corrected chi connectivity index (χ0v) is 28.0. The van der Waals surface area contributed by atoms with Gasteiger partial charge in [0, 0.05) is 44.0 Å². The number of hydrogen-bond donors (Lipinski definition) is 8. The van der Waals surface area contributed by atoms with Gasteiger partial charge >= 0.3 is 6.03 Å². The quantitative estimate of drug-likeness (QED) is 0.0659. The second-order valence-corrected chi connectivity index (χ2v) is 14.0. The van der Waals surface area contributed by atoms with E-state index < -0.39 is 47.9 Å². The van der Waals surface area contributed by atoms with Crippen molar-refractivity contribution in [1.82, 2.24) is 0 Å². The number of nitrogens with one attached hydrogen (secondary N) is 4. The molecule has 6 aromatic carbocycles. The number of benzene rings is 6. The number of rotatable bonds is 8. The first-order valence-electron chi connectivity index (χ1n) is 15.0. The minimum absolute atomic E-state index is 0.0106. The molecular weight excluding hydrogens is 717 g/mol. The molecule has 52 heavy (non-hydrogen) atoms. The molecule has 0 unspecified atom stereocenters. The Morgan fingerprint density at radius 3 is 1.25 bits per heavy atom. The van der Waals surface area contributed by atoms with Crippen molar-refractivity contribution >= 4 is 82.4 Å². The molecule has 0 aliphatic rings. The van der Waals surface area contributed by atoms with Crippen LogP contribution in [-0.2, 0) is 20.2 Å². The molecular formula is C35H26N4O11S2. The highest BCUT2D eigenvalue weighted by Crippen LogP contribution is 2.37. The highest BCUT2D eigenvalue weighted by atomic mass is 32.2. The SMILES string of the molecule is O=C(Nc1cccc(C(=O)Nc2ccc(O)c3cccc(S(=O)(=O)O)c23)c1)Nc1cccc(C(=O)Nc2ccc(O)c3cccc(S(=O)(=O)O)c23)c1. The van der Waals surface area contributed by atoms with Crippen molar-refractivity contribution in [3.8, 4) is 11.5 Å². The maximum Gasteiger partial charge on any atom is 0.323 e. The van der Waals surface area contributed by atoms with Crippen molar-refractivity contribution in [2.45, 2.75) is 9.79 Å². The predicted octanol–water partition coefficient (Wildman–Crippen LogP) is 6.05. The lowest BCUT2D eigenvalue weighted by Crippen LogP contribution is -2.20. The Bertz CT molecular complexity index is 2500. The molecule has 0 aliphatic carbocycles. The minimum atomic E-state index is -4.73. The molecule has 0 atom stereocenters. The van der Waals surface area contributed by atoms with Gasteiger partial charge in [-0.3, -0.25) is 18.7 Å². The summed E-state index contributed by atoms with van der Waals surface area (Å²) in [4.78, 5) is 38.3. The molecule has 0 saturated carbocycles. The van der Waals surface area contributed by atoms with E-state index >= 15 is 0 Å². The first-order chi connectivity index (χ1) is 24.6. The smallest absolute Gasteiger partial charge is 0.323 e. The van der Waals surface area contributed by atoms with Crippen molar-refractivity contribution in [3.05, 3.63) is 120 Å². The normalized spacial score (nSPS) is 11.6. The van der Waals surface area contributed by atoms with Crippen molar-refractivity contribution in [2.24, 2.45) is 0 Å². The van der Waals surface area contributed by atoms with E-state index in [0.717, 1.165) is 12.1 Å². The summed E-state index contributed by atoms with van der Waals surface area (Å²) < 4.78 is 67.6. The van der Waals surface area contributed by atoms with Gasteiger partial charge in [0.2, 0.25) is 0 Å². The van der Waals surface area contributed by atoms with Crippen LogP contribution in [0.5, 0.6) is 11.5 Å². The fourth-order valence-electron chi connectivity index (χ4n) is 5.51. The summed E-state index contributed by atoms with van der Waals surface area (Å²) in [5.74, 6) is -1.96. The van der Waals surface area contributed by atoms with Gasteiger partial charge in [-0.1, -0.05) is 36.4 Å². The zero-order valence-electron chi connectivity index (χ0n) is 26.4. The van der Waals surface area contributed by atoms with Crippen LogP contribution < -0.4 is 21.3 Å². The summed E-state index contributed by atoms with van der Waals surface area (Å²) in [5, 5.41) is 30.7. The Hall–Kier alpha value is -6.53. The average molecular weight is 743 g/mol. The van der Waals surface area contributed by atoms with Gasteiger partial charge in [-0.15, -0.1) is 0 Å². The Labute approximate surface area is 295 Å². The maximum atomic E-state index is 13.2. The van der Waals surface area contributed by atoms with E-state index in [9.17, 15) is 50.5 Å². The molecule has 8 N–H and O–H groups in total. The number of fused-ring (bicyclic) bond motifs is 2. The molecule has 0 bridgehead atoms. The van der Waals surface area contributed by atoms with Crippen LogP contribution in [0.1, 0.15) is 20.7 Å². The van der Waals surface area contributed by atoms with Crippen molar-refractivity contribution < 1.29 is 50.5 Å². The van der Waals surface area contributed by atoms with E-state index in [1.807, 2.05) is 0 Å². The first kappa shape index (κ1) is 35.3. The predicted molar refractivity (Wildman–Crippen MR) is 192 cm³/mol. The number of amides is 4. The molecule has 6 aromatic rings. The standard InChI is InChI=1S/C35H26N4O11S2/c40-27-15-13-25(31-23(27)9-3-11-29(31)51(45,46)47)38-33(42)19-5-1-7-21(17-19)36-35(44)37-22-8-2-6-20(18-22)34(43)39-26-14-16-28(41)24-10-4-12-30(32(24)26)52(48,49)50/h1-18,40-41H,(H,38,42)(H,39,43)(H2,36,37,44)(H,45,46,47)(H,48,49,50). The number of phenols is 2. The van der Waals surface area contributed by atoms with Gasteiger partial charge in [0.25, 0.3) is 32.1 Å². The molecule has 0 aromatic heterocycles. The molecule has 0 saturated heterocycles. The van der Waals surface area contributed by atoms with Gasteiger partial charge in [0.05, 0.1) is 11.4 Å². The van der Waals surface area contributed by atoms with E-state index in [1.165, 1.54) is 97.1 Å². The van der Waals surface area contributed by atoms with Crippen molar-refractivity contribution in [1.29, 1.82) is 0 Å². The Morgan fingerprint density at radius 1 is 0.481 bits per heavy atom. The van der Waals surface area contributed by atoms with Gasteiger partial charge < -0.3 is 31.5 Å². The highest BCUT2D eigenvalue weighted by Gasteiger charge is 2.22. The summed E-state index contributed by atoms with van der Waals surface area (Å²) in [7, 11) is -9.46. The molecule has 264 valence electrons. The largest absolute Gasteiger partial charge is 0.507 e. The number of phenolic OH excluding ortho intramolecular Hbond substituents is 2. The van der Waals surface area contributed by atoms with E-state index in [2.05, 4.69) is 21.3 Å². The molecule has 15 nitrogen and oxygen atoms in total. The van der Waals surface area contributed by atoms with Gasteiger partial charge in [-0.25, -0.2) is 4.79 Å². The molecule has 0 spiro atoms. The molecule has 17 heteroatoms. The van der Waals surface area contributed by atoms with Crippen LogP contribution in [0, 0.1) is 0 Å². The Morgan fingerprint density at radius 2 is 0.865 bits per heavy atom. The van der Waals surface area contributed by atoms with Gasteiger partial charge in [-0.2, -0.15) is 16.8 Å². The van der Waals surface area contributed by atoms with Gasteiger partial charge in [0.1, 0.15) is 21.3 Å². The second kappa shape index (κ2) is 13.6. The van der Waals surface area contributed by atoms with Crippen LogP contribution in [-0.4, -0.2) is 54.0 Å². The van der Waals surface area contributed by atoms with Crippen LogP contribution in [0.25, 0.3) is 21.5 Å². The first-order valence-corrected chi connectivity index (χ1v) is 17.8. The second-order valence-electron chi connectivity index (χ2n) is 11.2. The molecule has 4 amide bonds. The fraction of sp³-hybridized carbons (Fsp3) is 0. The van der Waals surface area contributed by atoms with Gasteiger partial charge in [0.15, 0.2) is 0 Å². The molecule has 6 rings (SSSR count). The van der Waals surface area contributed by atoms with Crippen molar-refractivity contribution in [3.63, 3.8) is 0 Å². The summed E-state index contributed by atoms with van der Waals surface area (Å²) >= 11 is 0. The zero-order chi connectivity index (χ0) is 37.4. The monoisotopic (exact) mass is 742 g/mol. The van der Waals surface area contributed by atoms with E-state index in [0.29, 0.717) is 0 Å². The fourth-order valence-corrected chi connectivity index (χ4v) is 6.97. The summed E-state index contributed by atoms with van der Waals surface area (Å²) in [6.45, 7) is 0. The number of aromatic hydroxyl groups is 2. The number of carbonyl (C=O) groups is 3. The van der Waals surface area contributed by atoms with Crippen molar-refractivity contribution in [2.75, 3.05) is 21.3 Å². The van der Waals surface area contributed by atoms with E-state index in [1.54, 1.807) is 0 Å². The van der Waals surface area contributed by atoms with Gasteiger partial charge in [-0.05, 0) is 72.8 Å². The van der Waals surface area contributed by atoms with Crippen LogP contribution in [0.2, 0.25) is 0 Å². The number of urea groups is 1. The topological polar surface area (TPSA) is 249 Å². The lowest BCUT2D eigenvalue weighted by molar-refractivity contribution is 0.101. The summed E-state index contributed by atoms with van der Waals surface area (Å²) in [6, 6.07) is 23.5. The Balaban J connectivity index is 1.17. The maximum absolute atomic E-state index is 13.2. The van der Waals surface area contributed by atoms with Crippen LogP contribution in [0.3, 0.4) is 0 Å². The third-order valence-electron chi connectivity index (χ3n) is 7.78. The number of carbonyl (C=O) groups excluding carboxylic acids is 3. The summed E-state index contributed by atoms with van der Waals surface area (Å²) in [5.41, 5.74) is 0.457. The molecule has 0 aliphatic heterocycles. The average Bonchev–Trinajstić information content (AvgIpc) is 3.09. The number of hydrogen-bond acceptors (Lipinski definition) is 9. The Kier molecular flexibility index (Phi) is 9.26. The van der Waals surface area contributed by atoms with E-state index in [4.69, 9.17) is 0 Å². The highest BCUT2D eigenvalue weighted by molar-refractivity contribution is 7.86. The van der Waals surface area contributed by atoms with Crippen LogP contribution in [0.4, 0.5) is 27.5 Å².